The van der Waals surface area contributed by atoms with Crippen LogP contribution in [0.1, 0.15) is 34.3 Å². The number of aryl methyl sites for hydroxylation is 1. The Balaban J connectivity index is 1.63. The van der Waals surface area contributed by atoms with Crippen LogP contribution in [0.3, 0.4) is 0 Å². The Bertz CT molecular complexity index is 926. The normalized spacial score (nSPS) is 12.6. The van der Waals surface area contributed by atoms with Crippen LogP contribution >= 0.6 is 0 Å². The highest BCUT2D eigenvalue weighted by atomic mass is 16.6. The molecule has 0 saturated heterocycles. The van der Waals surface area contributed by atoms with Crippen molar-refractivity contribution in [3.63, 3.8) is 0 Å². The molecule has 8 heteroatoms. The number of rotatable bonds is 6. The third kappa shape index (κ3) is 4.28. The number of methoxy groups -OCH3 is 1. The Morgan fingerprint density at radius 3 is 2.71 bits per heavy atom. The lowest BCUT2D eigenvalue weighted by Gasteiger charge is -2.19. The molecule has 0 radical (unpaired) electrons. The minimum Gasteiger partial charge on any atom is -0.490 e. The summed E-state index contributed by atoms with van der Waals surface area (Å²) < 4.78 is 4.91. The zero-order valence-corrected chi connectivity index (χ0v) is 15.5. The Morgan fingerprint density at radius 1 is 1.18 bits per heavy atom. The van der Waals surface area contributed by atoms with Gasteiger partial charge in [0.15, 0.2) is 5.75 Å². The molecule has 0 atom stereocenters. The number of anilines is 1. The molecular weight excluding hydrogens is 362 g/mol. The summed E-state index contributed by atoms with van der Waals surface area (Å²) in [6.07, 6.45) is 4.17. The number of fused-ring (bicyclic) bond motifs is 1. The van der Waals surface area contributed by atoms with Gasteiger partial charge in [0.1, 0.15) is 0 Å². The van der Waals surface area contributed by atoms with E-state index >= 15 is 0 Å². The van der Waals surface area contributed by atoms with E-state index in [1.807, 2.05) is 12.1 Å². The zero-order valence-electron chi connectivity index (χ0n) is 15.5. The van der Waals surface area contributed by atoms with Crippen LogP contribution in [0.4, 0.5) is 11.4 Å². The van der Waals surface area contributed by atoms with Crippen LogP contribution in [0, 0.1) is 10.1 Å². The van der Waals surface area contributed by atoms with Crippen molar-refractivity contribution < 1.29 is 19.2 Å². The van der Waals surface area contributed by atoms with Gasteiger partial charge >= 0.3 is 5.69 Å². The first-order chi connectivity index (χ1) is 13.5. The highest BCUT2D eigenvalue weighted by Crippen LogP contribution is 2.28. The maximum atomic E-state index is 12.3. The number of carbonyl (C=O) groups excluding carboxylic acids is 2. The zero-order chi connectivity index (χ0) is 20.1. The van der Waals surface area contributed by atoms with E-state index < -0.39 is 10.8 Å². The Hall–Kier alpha value is -3.42. The first kappa shape index (κ1) is 19.3. The van der Waals surface area contributed by atoms with Crippen molar-refractivity contribution in [2.45, 2.75) is 25.7 Å². The van der Waals surface area contributed by atoms with Gasteiger partial charge in [0, 0.05) is 17.3 Å². The molecule has 0 aliphatic heterocycles. The van der Waals surface area contributed by atoms with E-state index in [-0.39, 0.29) is 29.5 Å². The van der Waals surface area contributed by atoms with Crippen molar-refractivity contribution in [1.29, 1.82) is 0 Å². The number of nitro groups is 1. The molecule has 0 heterocycles. The number of amides is 2. The van der Waals surface area contributed by atoms with Crippen LogP contribution in [-0.2, 0) is 17.6 Å². The standard InChI is InChI=1S/C20H21N3O5/c1-28-18-10-9-14(11-17(18)23(26)27)20(25)21-12-19(24)22-16-8-4-6-13-5-2-3-7-15(13)16/h4,6,8-11H,2-3,5,7,12H2,1H3,(H,21,25)(H,22,24). The first-order valence-electron chi connectivity index (χ1n) is 9.01. The van der Waals surface area contributed by atoms with Crippen molar-refractivity contribution in [3.05, 3.63) is 63.2 Å². The maximum Gasteiger partial charge on any atom is 0.311 e. The summed E-state index contributed by atoms with van der Waals surface area (Å²) in [5, 5.41) is 16.4. The van der Waals surface area contributed by atoms with Gasteiger partial charge in [-0.15, -0.1) is 0 Å². The predicted octanol–water partition coefficient (Wildman–Crippen LogP) is 2.85. The van der Waals surface area contributed by atoms with Gasteiger partial charge in [-0.25, -0.2) is 0 Å². The van der Waals surface area contributed by atoms with Gasteiger partial charge in [-0.05, 0) is 55.0 Å². The molecule has 2 amide bonds. The first-order valence-corrected chi connectivity index (χ1v) is 9.01. The number of hydrogen-bond acceptors (Lipinski definition) is 5. The monoisotopic (exact) mass is 383 g/mol. The number of nitrogens with one attached hydrogen (secondary N) is 2. The van der Waals surface area contributed by atoms with Gasteiger partial charge in [-0.2, -0.15) is 0 Å². The van der Waals surface area contributed by atoms with Gasteiger partial charge in [0.05, 0.1) is 18.6 Å². The topological polar surface area (TPSA) is 111 Å². The summed E-state index contributed by atoms with van der Waals surface area (Å²) >= 11 is 0. The Labute approximate surface area is 162 Å². The molecule has 2 aromatic rings. The van der Waals surface area contributed by atoms with Crippen molar-refractivity contribution in [3.8, 4) is 5.75 Å². The number of nitro benzene ring substituents is 1. The fraction of sp³-hybridized carbons (Fsp3) is 0.300. The summed E-state index contributed by atoms with van der Waals surface area (Å²) in [7, 11) is 1.31. The lowest BCUT2D eigenvalue weighted by Crippen LogP contribution is -2.33. The van der Waals surface area contributed by atoms with Crippen LogP contribution in [-0.4, -0.2) is 30.4 Å². The highest BCUT2D eigenvalue weighted by Gasteiger charge is 2.19. The summed E-state index contributed by atoms with van der Waals surface area (Å²) in [6, 6.07) is 9.73. The van der Waals surface area contributed by atoms with Crippen molar-refractivity contribution in [1.82, 2.24) is 5.32 Å². The lowest BCUT2D eigenvalue weighted by atomic mass is 9.90. The second-order valence-corrected chi connectivity index (χ2v) is 6.52. The molecule has 8 nitrogen and oxygen atoms in total. The van der Waals surface area contributed by atoms with Crippen molar-refractivity contribution in [2.75, 3.05) is 19.0 Å². The minimum absolute atomic E-state index is 0.0631. The van der Waals surface area contributed by atoms with Crippen molar-refractivity contribution in [2.24, 2.45) is 0 Å². The molecule has 0 bridgehead atoms. The summed E-state index contributed by atoms with van der Waals surface area (Å²) in [5.41, 5.74) is 2.95. The predicted molar refractivity (Wildman–Crippen MR) is 104 cm³/mol. The summed E-state index contributed by atoms with van der Waals surface area (Å²) in [4.78, 5) is 35.0. The molecule has 1 aliphatic carbocycles. The summed E-state index contributed by atoms with van der Waals surface area (Å²) in [6.45, 7) is -0.234. The van der Waals surface area contributed by atoms with E-state index in [4.69, 9.17) is 4.74 Å². The van der Waals surface area contributed by atoms with E-state index in [0.29, 0.717) is 0 Å². The molecule has 0 unspecified atom stereocenters. The molecule has 0 spiro atoms. The maximum absolute atomic E-state index is 12.3. The molecule has 2 N–H and O–H groups in total. The van der Waals surface area contributed by atoms with E-state index in [1.54, 1.807) is 0 Å². The summed E-state index contributed by atoms with van der Waals surface area (Å²) in [5.74, 6) is -0.862. The lowest BCUT2D eigenvalue weighted by molar-refractivity contribution is -0.385. The largest absolute Gasteiger partial charge is 0.490 e. The third-order valence-corrected chi connectivity index (χ3v) is 4.72. The third-order valence-electron chi connectivity index (χ3n) is 4.72. The van der Waals surface area contributed by atoms with E-state index in [1.165, 1.54) is 24.8 Å². The molecule has 3 rings (SSSR count). The van der Waals surface area contributed by atoms with Gasteiger partial charge < -0.3 is 15.4 Å². The van der Waals surface area contributed by atoms with Crippen LogP contribution in [0.25, 0.3) is 0 Å². The van der Waals surface area contributed by atoms with Crippen LogP contribution in [0.15, 0.2) is 36.4 Å². The smallest absolute Gasteiger partial charge is 0.311 e. The van der Waals surface area contributed by atoms with E-state index in [9.17, 15) is 19.7 Å². The molecule has 2 aromatic carbocycles. The molecule has 0 aromatic heterocycles. The van der Waals surface area contributed by atoms with Gasteiger partial charge in [0.2, 0.25) is 5.91 Å². The number of hydrogen-bond donors (Lipinski definition) is 2. The Morgan fingerprint density at radius 2 is 1.96 bits per heavy atom. The number of nitrogens with zero attached hydrogens (tertiary/aromatic N) is 1. The molecule has 0 fully saturated rings. The van der Waals surface area contributed by atoms with Gasteiger partial charge in [-0.3, -0.25) is 19.7 Å². The SMILES string of the molecule is COc1ccc(C(=O)NCC(=O)Nc2cccc3c2CCCC3)cc1[N+](=O)[O-]. The quantitative estimate of drug-likeness (QED) is 0.589. The second kappa shape index (κ2) is 8.51. The molecule has 0 saturated carbocycles. The minimum atomic E-state index is -0.624. The number of carbonyl (C=O) groups is 2. The average molecular weight is 383 g/mol. The number of benzene rings is 2. The molecule has 28 heavy (non-hydrogen) atoms. The van der Waals surface area contributed by atoms with Crippen LogP contribution < -0.4 is 15.4 Å². The van der Waals surface area contributed by atoms with Crippen molar-refractivity contribution >= 4 is 23.2 Å². The van der Waals surface area contributed by atoms with Crippen LogP contribution in [0.2, 0.25) is 0 Å². The molecule has 1 aliphatic rings. The fourth-order valence-electron chi connectivity index (χ4n) is 3.33. The molecule has 146 valence electrons. The van der Waals surface area contributed by atoms with Gasteiger partial charge in [-0.1, -0.05) is 12.1 Å². The average Bonchev–Trinajstić information content (AvgIpc) is 2.71. The highest BCUT2D eigenvalue weighted by molar-refractivity contribution is 6.00. The van der Waals surface area contributed by atoms with Crippen LogP contribution in [0.5, 0.6) is 5.75 Å². The molecular formula is C20H21N3O5. The van der Waals surface area contributed by atoms with E-state index in [2.05, 4.69) is 16.7 Å². The number of ether oxygens (including phenoxy) is 1. The second-order valence-electron chi connectivity index (χ2n) is 6.52. The van der Waals surface area contributed by atoms with E-state index in [0.717, 1.165) is 43.0 Å². The fourth-order valence-corrected chi connectivity index (χ4v) is 3.33. The van der Waals surface area contributed by atoms with Gasteiger partial charge in [0.25, 0.3) is 5.91 Å². The Kier molecular flexibility index (Phi) is 5.88.